The fourth-order valence-corrected chi connectivity index (χ4v) is 2.97. The highest BCUT2D eigenvalue weighted by Crippen LogP contribution is 2.21. The summed E-state index contributed by atoms with van der Waals surface area (Å²) in [4.78, 5) is 17.1. The summed E-state index contributed by atoms with van der Waals surface area (Å²) < 4.78 is 2.83. The number of amides is 1. The largest absolute Gasteiger partial charge is 0.320 e. The van der Waals surface area contributed by atoms with E-state index >= 15 is 0 Å². The molecule has 2 aromatic heterocycles. The number of rotatable bonds is 2. The van der Waals surface area contributed by atoms with E-state index in [9.17, 15) is 4.79 Å². The van der Waals surface area contributed by atoms with Crippen LogP contribution in [0.2, 0.25) is 0 Å². The SMILES string of the molecule is Cc1ccc2nc(C)c(C(=O)Nc3ccc(Br)cc3C)n2c1. The van der Waals surface area contributed by atoms with Crippen LogP contribution >= 0.6 is 15.9 Å². The Hall–Kier alpha value is -2.14. The van der Waals surface area contributed by atoms with E-state index < -0.39 is 0 Å². The molecule has 0 aliphatic carbocycles. The van der Waals surface area contributed by atoms with E-state index in [1.165, 1.54) is 0 Å². The molecule has 0 fully saturated rings. The molecule has 0 saturated carbocycles. The van der Waals surface area contributed by atoms with Crippen molar-refractivity contribution in [3.63, 3.8) is 0 Å². The number of aromatic nitrogens is 2. The van der Waals surface area contributed by atoms with Crippen LogP contribution in [0.5, 0.6) is 0 Å². The number of aryl methyl sites for hydroxylation is 3. The molecule has 0 saturated heterocycles. The van der Waals surface area contributed by atoms with Crippen LogP contribution in [0.25, 0.3) is 5.65 Å². The molecule has 0 bridgehead atoms. The number of carbonyl (C=O) groups excluding carboxylic acids is 1. The summed E-state index contributed by atoms with van der Waals surface area (Å²) in [6.07, 6.45) is 1.93. The van der Waals surface area contributed by atoms with Gasteiger partial charge in [-0.05, 0) is 56.2 Å². The minimum atomic E-state index is -0.152. The van der Waals surface area contributed by atoms with E-state index in [1.54, 1.807) is 0 Å². The van der Waals surface area contributed by atoms with Gasteiger partial charge in [0, 0.05) is 16.4 Å². The average molecular weight is 358 g/mol. The molecule has 0 aliphatic rings. The maximum Gasteiger partial charge on any atom is 0.274 e. The summed E-state index contributed by atoms with van der Waals surface area (Å²) >= 11 is 3.43. The van der Waals surface area contributed by atoms with Crippen molar-refractivity contribution in [3.8, 4) is 0 Å². The van der Waals surface area contributed by atoms with E-state index in [0.29, 0.717) is 5.69 Å². The number of fused-ring (bicyclic) bond motifs is 1. The molecule has 0 unspecified atom stereocenters. The third-order valence-corrected chi connectivity index (χ3v) is 4.09. The summed E-state index contributed by atoms with van der Waals surface area (Å²) in [6, 6.07) is 9.68. The van der Waals surface area contributed by atoms with Gasteiger partial charge in [-0.15, -0.1) is 0 Å². The molecule has 3 rings (SSSR count). The van der Waals surface area contributed by atoms with Crippen molar-refractivity contribution in [3.05, 3.63) is 63.5 Å². The molecule has 112 valence electrons. The number of benzene rings is 1. The maximum absolute atomic E-state index is 12.7. The van der Waals surface area contributed by atoms with Crippen molar-refractivity contribution < 1.29 is 4.79 Å². The molecule has 0 spiro atoms. The van der Waals surface area contributed by atoms with Gasteiger partial charge in [0.1, 0.15) is 11.3 Å². The number of nitrogens with one attached hydrogen (secondary N) is 1. The topological polar surface area (TPSA) is 46.4 Å². The summed E-state index contributed by atoms with van der Waals surface area (Å²) in [5.41, 5.74) is 4.96. The van der Waals surface area contributed by atoms with Crippen molar-refractivity contribution in [2.45, 2.75) is 20.8 Å². The molecule has 1 amide bonds. The van der Waals surface area contributed by atoms with E-state index in [-0.39, 0.29) is 5.91 Å². The summed E-state index contributed by atoms with van der Waals surface area (Å²) in [6.45, 7) is 5.81. The smallest absolute Gasteiger partial charge is 0.274 e. The highest BCUT2D eigenvalue weighted by Gasteiger charge is 2.17. The number of hydrogen-bond donors (Lipinski definition) is 1. The first-order valence-electron chi connectivity index (χ1n) is 6.98. The Morgan fingerprint density at radius 1 is 1.18 bits per heavy atom. The molecule has 0 atom stereocenters. The molecule has 0 aliphatic heterocycles. The average Bonchev–Trinajstić information content (AvgIpc) is 2.77. The fraction of sp³-hybridized carbons (Fsp3) is 0.176. The number of pyridine rings is 1. The zero-order valence-corrected chi connectivity index (χ0v) is 14.2. The minimum Gasteiger partial charge on any atom is -0.320 e. The molecular formula is C17H16BrN3O. The molecule has 22 heavy (non-hydrogen) atoms. The Morgan fingerprint density at radius 2 is 1.95 bits per heavy atom. The van der Waals surface area contributed by atoms with Crippen LogP contribution in [0.15, 0.2) is 41.0 Å². The zero-order chi connectivity index (χ0) is 15.9. The lowest BCUT2D eigenvalue weighted by Crippen LogP contribution is -2.16. The summed E-state index contributed by atoms with van der Waals surface area (Å²) in [7, 11) is 0. The van der Waals surface area contributed by atoms with Gasteiger partial charge in [-0.1, -0.05) is 22.0 Å². The normalized spacial score (nSPS) is 10.9. The zero-order valence-electron chi connectivity index (χ0n) is 12.6. The van der Waals surface area contributed by atoms with Gasteiger partial charge in [-0.3, -0.25) is 9.20 Å². The standard InChI is InChI=1S/C17H16BrN3O/c1-10-4-7-15-19-12(3)16(21(15)9-10)17(22)20-14-6-5-13(18)8-11(14)2/h4-9H,1-3H3,(H,20,22). The first-order chi connectivity index (χ1) is 10.5. The van der Waals surface area contributed by atoms with Crippen molar-refractivity contribution in [2.24, 2.45) is 0 Å². The second kappa shape index (κ2) is 5.57. The van der Waals surface area contributed by atoms with Crippen molar-refractivity contribution in [2.75, 3.05) is 5.32 Å². The quantitative estimate of drug-likeness (QED) is 0.744. The number of nitrogens with zero attached hydrogens (tertiary/aromatic N) is 2. The molecule has 3 aromatic rings. The van der Waals surface area contributed by atoms with Crippen LogP contribution in [-0.2, 0) is 0 Å². The lowest BCUT2D eigenvalue weighted by molar-refractivity contribution is 0.102. The Balaban J connectivity index is 2.02. The van der Waals surface area contributed by atoms with Crippen LogP contribution in [0.4, 0.5) is 5.69 Å². The van der Waals surface area contributed by atoms with Gasteiger partial charge >= 0.3 is 0 Å². The predicted molar refractivity (Wildman–Crippen MR) is 91.5 cm³/mol. The number of halogens is 1. The van der Waals surface area contributed by atoms with Crippen LogP contribution in [0.3, 0.4) is 0 Å². The monoisotopic (exact) mass is 357 g/mol. The minimum absolute atomic E-state index is 0.152. The molecule has 4 nitrogen and oxygen atoms in total. The Bertz CT molecular complexity index is 883. The predicted octanol–water partition coefficient (Wildman–Crippen LogP) is 4.27. The second-order valence-corrected chi connectivity index (χ2v) is 6.31. The van der Waals surface area contributed by atoms with E-state index in [2.05, 4.69) is 26.2 Å². The van der Waals surface area contributed by atoms with Crippen LogP contribution in [0.1, 0.15) is 27.3 Å². The van der Waals surface area contributed by atoms with Crippen molar-refractivity contribution in [1.29, 1.82) is 0 Å². The molecule has 2 heterocycles. The van der Waals surface area contributed by atoms with E-state index in [1.807, 2.05) is 61.7 Å². The molecular weight excluding hydrogens is 342 g/mol. The van der Waals surface area contributed by atoms with Crippen LogP contribution < -0.4 is 5.32 Å². The van der Waals surface area contributed by atoms with Crippen molar-refractivity contribution >= 4 is 33.2 Å². The van der Waals surface area contributed by atoms with Gasteiger partial charge in [0.2, 0.25) is 0 Å². The first kappa shape index (κ1) is 14.8. The van der Waals surface area contributed by atoms with Gasteiger partial charge in [-0.25, -0.2) is 4.98 Å². The molecule has 5 heteroatoms. The van der Waals surface area contributed by atoms with E-state index in [0.717, 1.165) is 32.6 Å². The lowest BCUT2D eigenvalue weighted by atomic mass is 10.2. The van der Waals surface area contributed by atoms with E-state index in [4.69, 9.17) is 0 Å². The van der Waals surface area contributed by atoms with Gasteiger partial charge in [0.25, 0.3) is 5.91 Å². The number of carbonyl (C=O) groups is 1. The number of imidazole rings is 1. The highest BCUT2D eigenvalue weighted by molar-refractivity contribution is 9.10. The van der Waals surface area contributed by atoms with Crippen molar-refractivity contribution in [1.82, 2.24) is 9.38 Å². The summed E-state index contributed by atoms with van der Waals surface area (Å²) in [5.74, 6) is -0.152. The van der Waals surface area contributed by atoms with Crippen LogP contribution in [0, 0.1) is 20.8 Å². The van der Waals surface area contributed by atoms with Gasteiger partial charge in [0.15, 0.2) is 0 Å². The first-order valence-corrected chi connectivity index (χ1v) is 7.78. The number of hydrogen-bond acceptors (Lipinski definition) is 2. The Kier molecular flexibility index (Phi) is 3.74. The summed E-state index contributed by atoms with van der Waals surface area (Å²) in [5, 5.41) is 2.97. The lowest BCUT2D eigenvalue weighted by Gasteiger charge is -2.09. The van der Waals surface area contributed by atoms with Gasteiger partial charge in [0.05, 0.1) is 5.69 Å². The second-order valence-electron chi connectivity index (χ2n) is 5.39. The molecule has 1 N–H and O–H groups in total. The Morgan fingerprint density at radius 3 is 2.68 bits per heavy atom. The maximum atomic E-state index is 12.7. The number of anilines is 1. The Labute approximate surface area is 137 Å². The third-order valence-electron chi connectivity index (χ3n) is 3.59. The van der Waals surface area contributed by atoms with Gasteiger partial charge < -0.3 is 5.32 Å². The highest BCUT2D eigenvalue weighted by atomic mass is 79.9. The van der Waals surface area contributed by atoms with Gasteiger partial charge in [-0.2, -0.15) is 0 Å². The molecule has 0 radical (unpaired) electrons. The third kappa shape index (κ3) is 2.64. The fourth-order valence-electron chi connectivity index (χ4n) is 2.49. The van der Waals surface area contributed by atoms with Crippen LogP contribution in [-0.4, -0.2) is 15.3 Å². The molecule has 1 aromatic carbocycles.